The van der Waals surface area contributed by atoms with Gasteiger partial charge in [0.25, 0.3) is 5.89 Å². The maximum atomic E-state index is 6.52. The Morgan fingerprint density at radius 1 is 1.33 bits per heavy atom. The molecule has 0 spiro atoms. The molecule has 21 heavy (non-hydrogen) atoms. The van der Waals surface area contributed by atoms with Crippen LogP contribution < -0.4 is 5.73 Å². The molecule has 0 amide bonds. The lowest BCUT2D eigenvalue weighted by atomic mass is 9.76. The zero-order valence-electron chi connectivity index (χ0n) is 12.8. The van der Waals surface area contributed by atoms with Crippen molar-refractivity contribution in [3.8, 4) is 11.5 Å². The lowest BCUT2D eigenvalue weighted by Crippen LogP contribution is -2.42. The molecule has 2 atom stereocenters. The van der Waals surface area contributed by atoms with Gasteiger partial charge in [-0.3, -0.25) is 0 Å². The molecule has 1 aliphatic rings. The van der Waals surface area contributed by atoms with Crippen molar-refractivity contribution in [2.75, 3.05) is 0 Å². The fourth-order valence-corrected chi connectivity index (χ4v) is 3.22. The highest BCUT2D eigenvalue weighted by molar-refractivity contribution is 5.53. The van der Waals surface area contributed by atoms with Crippen molar-refractivity contribution in [1.82, 2.24) is 10.1 Å². The van der Waals surface area contributed by atoms with E-state index in [1.54, 1.807) is 0 Å². The van der Waals surface area contributed by atoms with Gasteiger partial charge in [-0.15, -0.1) is 0 Å². The number of benzene rings is 1. The lowest BCUT2D eigenvalue weighted by Gasteiger charge is -2.33. The van der Waals surface area contributed by atoms with E-state index in [4.69, 9.17) is 10.3 Å². The van der Waals surface area contributed by atoms with Gasteiger partial charge in [0.15, 0.2) is 5.82 Å². The highest BCUT2D eigenvalue weighted by Gasteiger charge is 2.37. The zero-order chi connectivity index (χ0) is 14.9. The Bertz CT molecular complexity index is 605. The van der Waals surface area contributed by atoms with Gasteiger partial charge in [-0.1, -0.05) is 44.0 Å². The van der Waals surface area contributed by atoms with E-state index < -0.39 is 5.54 Å². The third kappa shape index (κ3) is 2.86. The number of hydrogen-bond acceptors (Lipinski definition) is 4. The minimum absolute atomic E-state index is 0.428. The van der Waals surface area contributed by atoms with E-state index in [1.807, 2.05) is 12.1 Å². The molecular formula is C17H23N3O. The van der Waals surface area contributed by atoms with Gasteiger partial charge in [-0.25, -0.2) is 0 Å². The van der Waals surface area contributed by atoms with Gasteiger partial charge >= 0.3 is 0 Å². The zero-order valence-corrected chi connectivity index (χ0v) is 12.8. The minimum atomic E-state index is -0.428. The average molecular weight is 285 g/mol. The standard InChI is InChI=1S/C17H23N3O/c1-3-13-6-8-14(9-7-13)15-19-16(20-21-15)17(18)10-4-5-12(2)11-17/h6-9,12H,3-5,10-11,18H2,1-2H3. The van der Waals surface area contributed by atoms with Crippen molar-refractivity contribution in [1.29, 1.82) is 0 Å². The number of nitrogens with zero attached hydrogens (tertiary/aromatic N) is 2. The van der Waals surface area contributed by atoms with Gasteiger partial charge in [-0.2, -0.15) is 4.98 Å². The van der Waals surface area contributed by atoms with Crippen LogP contribution in [-0.4, -0.2) is 10.1 Å². The quantitative estimate of drug-likeness (QED) is 0.934. The Morgan fingerprint density at radius 2 is 2.10 bits per heavy atom. The van der Waals surface area contributed by atoms with Gasteiger partial charge in [0, 0.05) is 5.56 Å². The molecule has 1 heterocycles. The molecule has 3 rings (SSSR count). The van der Waals surface area contributed by atoms with Crippen molar-refractivity contribution in [3.05, 3.63) is 35.7 Å². The smallest absolute Gasteiger partial charge is 0.257 e. The van der Waals surface area contributed by atoms with Crippen molar-refractivity contribution in [3.63, 3.8) is 0 Å². The van der Waals surface area contributed by atoms with Crippen LogP contribution in [0.4, 0.5) is 0 Å². The molecule has 1 saturated carbocycles. The Labute approximate surface area is 125 Å². The maximum Gasteiger partial charge on any atom is 0.257 e. The molecule has 4 heteroatoms. The Morgan fingerprint density at radius 3 is 2.76 bits per heavy atom. The molecule has 0 saturated heterocycles. The molecule has 0 aliphatic heterocycles. The second-order valence-electron chi connectivity index (χ2n) is 6.33. The summed E-state index contributed by atoms with van der Waals surface area (Å²) in [7, 11) is 0. The lowest BCUT2D eigenvalue weighted by molar-refractivity contribution is 0.222. The summed E-state index contributed by atoms with van der Waals surface area (Å²) in [6.45, 7) is 4.38. The molecule has 1 aromatic heterocycles. The predicted octanol–water partition coefficient (Wildman–Crippen LogP) is 3.66. The van der Waals surface area contributed by atoms with E-state index in [2.05, 4.69) is 36.1 Å². The van der Waals surface area contributed by atoms with Crippen LogP contribution in [0.2, 0.25) is 0 Å². The SMILES string of the molecule is CCc1ccc(-c2nc(C3(N)CCCC(C)C3)no2)cc1. The van der Waals surface area contributed by atoms with Crippen LogP contribution in [0.3, 0.4) is 0 Å². The molecule has 0 radical (unpaired) electrons. The van der Waals surface area contributed by atoms with Crippen molar-refractivity contribution >= 4 is 0 Å². The minimum Gasteiger partial charge on any atom is -0.334 e. The van der Waals surface area contributed by atoms with Crippen molar-refractivity contribution in [2.24, 2.45) is 11.7 Å². The van der Waals surface area contributed by atoms with E-state index >= 15 is 0 Å². The summed E-state index contributed by atoms with van der Waals surface area (Å²) >= 11 is 0. The molecular weight excluding hydrogens is 262 g/mol. The molecule has 1 aliphatic carbocycles. The topological polar surface area (TPSA) is 64.9 Å². The molecule has 2 aromatic rings. The van der Waals surface area contributed by atoms with Crippen molar-refractivity contribution < 1.29 is 4.52 Å². The van der Waals surface area contributed by atoms with Crippen LogP contribution in [0, 0.1) is 5.92 Å². The van der Waals surface area contributed by atoms with Crippen molar-refractivity contribution in [2.45, 2.75) is 51.5 Å². The largest absolute Gasteiger partial charge is 0.334 e. The first kappa shape index (κ1) is 14.3. The molecule has 2 N–H and O–H groups in total. The van der Waals surface area contributed by atoms with Gasteiger partial charge in [0.05, 0.1) is 5.54 Å². The summed E-state index contributed by atoms with van der Waals surface area (Å²) < 4.78 is 5.44. The number of rotatable bonds is 3. The molecule has 1 aromatic carbocycles. The van der Waals surface area contributed by atoms with E-state index in [0.717, 1.165) is 31.2 Å². The molecule has 4 nitrogen and oxygen atoms in total. The second-order valence-corrected chi connectivity index (χ2v) is 6.33. The Hall–Kier alpha value is -1.68. The van der Waals surface area contributed by atoms with Gasteiger partial charge in [0.2, 0.25) is 0 Å². The highest BCUT2D eigenvalue weighted by Crippen LogP contribution is 2.37. The summed E-state index contributed by atoms with van der Waals surface area (Å²) in [5, 5.41) is 4.15. The first-order chi connectivity index (χ1) is 10.1. The van der Waals surface area contributed by atoms with Gasteiger partial charge < -0.3 is 10.3 Å². The number of aryl methyl sites for hydroxylation is 1. The third-order valence-electron chi connectivity index (χ3n) is 4.51. The molecule has 2 unspecified atom stereocenters. The number of hydrogen-bond donors (Lipinski definition) is 1. The van der Waals surface area contributed by atoms with E-state index in [1.165, 1.54) is 12.0 Å². The summed E-state index contributed by atoms with van der Waals surface area (Å²) in [5.41, 5.74) is 8.35. The second kappa shape index (κ2) is 5.60. The normalized spacial score (nSPS) is 26.0. The maximum absolute atomic E-state index is 6.52. The fraction of sp³-hybridized carbons (Fsp3) is 0.529. The summed E-state index contributed by atoms with van der Waals surface area (Å²) in [6.07, 6.45) is 5.26. The monoisotopic (exact) mass is 285 g/mol. The predicted molar refractivity (Wildman–Crippen MR) is 82.6 cm³/mol. The first-order valence-electron chi connectivity index (χ1n) is 7.83. The van der Waals surface area contributed by atoms with Crippen LogP contribution >= 0.6 is 0 Å². The van der Waals surface area contributed by atoms with Gasteiger partial charge in [-0.05, 0) is 42.9 Å². The fourth-order valence-electron chi connectivity index (χ4n) is 3.22. The summed E-state index contributed by atoms with van der Waals surface area (Å²) in [5.74, 6) is 1.84. The first-order valence-corrected chi connectivity index (χ1v) is 7.83. The van der Waals surface area contributed by atoms with Gasteiger partial charge in [0.1, 0.15) is 0 Å². The molecule has 0 bridgehead atoms. The number of aromatic nitrogens is 2. The van der Waals surface area contributed by atoms with E-state index in [9.17, 15) is 0 Å². The summed E-state index contributed by atoms with van der Waals surface area (Å²) in [4.78, 5) is 4.56. The number of nitrogens with two attached hydrogens (primary N) is 1. The average Bonchev–Trinajstić information content (AvgIpc) is 2.98. The Balaban J connectivity index is 1.85. The van der Waals surface area contributed by atoms with Crippen LogP contribution in [0.15, 0.2) is 28.8 Å². The van der Waals surface area contributed by atoms with Crippen LogP contribution in [0.25, 0.3) is 11.5 Å². The van der Waals surface area contributed by atoms with Crippen LogP contribution in [-0.2, 0) is 12.0 Å². The third-order valence-corrected chi connectivity index (χ3v) is 4.51. The highest BCUT2D eigenvalue weighted by atomic mass is 16.5. The summed E-state index contributed by atoms with van der Waals surface area (Å²) in [6, 6.07) is 8.26. The van der Waals surface area contributed by atoms with Crippen LogP contribution in [0.1, 0.15) is 50.9 Å². The van der Waals surface area contributed by atoms with Crippen LogP contribution in [0.5, 0.6) is 0 Å². The Kier molecular flexibility index (Phi) is 3.81. The molecule has 112 valence electrons. The van der Waals surface area contributed by atoms with E-state index in [0.29, 0.717) is 17.6 Å². The molecule has 1 fully saturated rings. The van der Waals surface area contributed by atoms with E-state index in [-0.39, 0.29) is 0 Å².